The normalized spacial score (nSPS) is 21.8. The minimum Gasteiger partial charge on any atom is -0.467 e. The summed E-state index contributed by atoms with van der Waals surface area (Å²) in [6, 6.07) is 1.85. The molecule has 0 saturated carbocycles. The van der Waals surface area contributed by atoms with Crippen molar-refractivity contribution < 1.29 is 14.6 Å². The maximum Gasteiger partial charge on any atom is 0.345 e. The summed E-state index contributed by atoms with van der Waals surface area (Å²) in [5.41, 5.74) is 0.999. The van der Waals surface area contributed by atoms with Crippen LogP contribution in [0, 0.1) is 6.92 Å². The number of hydrogen-bond donors (Lipinski definition) is 1. The molecule has 2 heterocycles. The lowest BCUT2D eigenvalue weighted by molar-refractivity contribution is -0.167. The number of aromatic nitrogens is 1. The summed E-state index contributed by atoms with van der Waals surface area (Å²) in [6.45, 7) is 8.87. The van der Waals surface area contributed by atoms with Gasteiger partial charge in [0.2, 0.25) is 5.60 Å². The number of fused-ring (bicyclic) bond motifs is 1. The van der Waals surface area contributed by atoms with E-state index in [1.807, 2.05) is 24.8 Å². The van der Waals surface area contributed by atoms with E-state index < -0.39 is 11.6 Å². The highest BCUT2D eigenvalue weighted by atomic mass is 35.5. The average molecular weight is 311 g/mol. The topological polar surface area (TPSA) is 62.7 Å². The van der Waals surface area contributed by atoms with Crippen LogP contribution in [-0.2, 0) is 21.7 Å². The molecule has 0 aliphatic carbocycles. The van der Waals surface area contributed by atoms with E-state index in [1.54, 1.807) is 0 Å². The van der Waals surface area contributed by atoms with Gasteiger partial charge in [0.05, 0.1) is 12.8 Å². The van der Waals surface area contributed by atoms with Gasteiger partial charge in [0.1, 0.15) is 5.15 Å². The van der Waals surface area contributed by atoms with Gasteiger partial charge in [-0.25, -0.2) is 9.78 Å². The number of hydrogen-bond acceptors (Lipinski definition) is 5. The summed E-state index contributed by atoms with van der Waals surface area (Å²) < 4.78 is 4.75. The molecule has 1 aliphatic rings. The number of nitrogens with zero attached hydrogens (tertiary/aromatic N) is 2. The zero-order chi connectivity index (χ0) is 15.8. The van der Waals surface area contributed by atoms with E-state index in [0.29, 0.717) is 13.1 Å². The first-order chi connectivity index (χ1) is 9.77. The zero-order valence-electron chi connectivity index (χ0n) is 12.4. The fourth-order valence-electron chi connectivity index (χ4n) is 2.64. The molecule has 5 nitrogen and oxygen atoms in total. The lowest BCUT2D eigenvalue weighted by Crippen LogP contribution is -2.52. The molecule has 1 N–H and O–H groups in total. The Hall–Kier alpha value is -1.43. The molecule has 2 rings (SSSR count). The molecular weight excluding hydrogens is 292 g/mol. The van der Waals surface area contributed by atoms with E-state index >= 15 is 0 Å². The fraction of sp³-hybridized carbons (Fsp3) is 0.467. The van der Waals surface area contributed by atoms with Crippen molar-refractivity contribution in [3.05, 3.63) is 40.2 Å². The van der Waals surface area contributed by atoms with Crippen molar-refractivity contribution in [1.82, 2.24) is 9.88 Å². The number of aliphatic hydroxyl groups is 1. The quantitative estimate of drug-likeness (QED) is 0.524. The van der Waals surface area contributed by atoms with Gasteiger partial charge < -0.3 is 9.84 Å². The lowest BCUT2D eigenvalue weighted by Gasteiger charge is -2.38. The Bertz CT molecular complexity index is 603. The van der Waals surface area contributed by atoms with E-state index in [9.17, 15) is 9.90 Å². The van der Waals surface area contributed by atoms with Gasteiger partial charge >= 0.3 is 5.97 Å². The minimum atomic E-state index is -1.81. The summed E-state index contributed by atoms with van der Waals surface area (Å²) in [5.74, 6) is -0.734. The molecule has 0 aromatic carbocycles. The molecule has 0 saturated heterocycles. The van der Waals surface area contributed by atoms with Gasteiger partial charge in [-0.3, -0.25) is 4.90 Å². The Kier molecular flexibility index (Phi) is 4.37. The number of carbonyl (C=O) groups is 1. The number of β-amino-alcohol motifs (C(OH)–C–C–N with tert-alkyl or cyclic N) is 1. The van der Waals surface area contributed by atoms with Gasteiger partial charge in [-0.2, -0.15) is 0 Å². The molecule has 1 unspecified atom stereocenters. The largest absolute Gasteiger partial charge is 0.467 e. The molecule has 1 aromatic rings. The molecule has 0 amide bonds. The standard InChI is InChI=1S/C15H19ClN2O3/c1-9(2)6-18-7-11-5-10(3)13(16)17-12(11)15(20,8-18)14(19)21-4/h5,20H,1,6-8H2,2-4H3. The molecular formula is C15H19ClN2O3. The van der Waals surface area contributed by atoms with Gasteiger partial charge in [0.15, 0.2) is 0 Å². The molecule has 114 valence electrons. The number of aryl methyl sites for hydroxylation is 1. The Morgan fingerprint density at radius 1 is 1.67 bits per heavy atom. The van der Waals surface area contributed by atoms with Crippen molar-refractivity contribution in [3.8, 4) is 0 Å². The Morgan fingerprint density at radius 2 is 2.33 bits per heavy atom. The highest BCUT2D eigenvalue weighted by Gasteiger charge is 2.47. The van der Waals surface area contributed by atoms with Crippen molar-refractivity contribution >= 4 is 17.6 Å². The molecule has 1 atom stereocenters. The monoisotopic (exact) mass is 310 g/mol. The molecule has 0 radical (unpaired) electrons. The summed E-state index contributed by atoms with van der Waals surface area (Å²) in [5, 5.41) is 11.1. The van der Waals surface area contributed by atoms with E-state index in [0.717, 1.165) is 16.7 Å². The number of esters is 1. The first-order valence-electron chi connectivity index (χ1n) is 6.62. The van der Waals surface area contributed by atoms with Crippen LogP contribution in [0.15, 0.2) is 18.2 Å². The summed E-state index contributed by atoms with van der Waals surface area (Å²) in [7, 11) is 1.24. The van der Waals surface area contributed by atoms with Gasteiger partial charge in [-0.1, -0.05) is 23.8 Å². The van der Waals surface area contributed by atoms with Crippen molar-refractivity contribution in [2.75, 3.05) is 20.2 Å². The Balaban J connectivity index is 2.53. The van der Waals surface area contributed by atoms with Crippen molar-refractivity contribution in [1.29, 1.82) is 0 Å². The predicted molar refractivity (Wildman–Crippen MR) is 80.0 cm³/mol. The summed E-state index contributed by atoms with van der Waals surface area (Å²) in [4.78, 5) is 18.2. The second kappa shape index (κ2) is 5.75. The van der Waals surface area contributed by atoms with Crippen molar-refractivity contribution in [2.24, 2.45) is 0 Å². The highest BCUT2D eigenvalue weighted by Crippen LogP contribution is 2.34. The van der Waals surface area contributed by atoms with Crippen LogP contribution in [0.4, 0.5) is 0 Å². The van der Waals surface area contributed by atoms with Crippen molar-refractivity contribution in [3.63, 3.8) is 0 Å². The lowest BCUT2D eigenvalue weighted by atomic mass is 9.89. The van der Waals surface area contributed by atoms with Crippen LogP contribution in [0.5, 0.6) is 0 Å². The summed E-state index contributed by atoms with van der Waals surface area (Å²) in [6.07, 6.45) is 0. The van der Waals surface area contributed by atoms with Crippen LogP contribution >= 0.6 is 11.6 Å². The zero-order valence-corrected chi connectivity index (χ0v) is 13.2. The maximum atomic E-state index is 12.1. The number of ether oxygens (including phenoxy) is 1. The molecule has 0 fully saturated rings. The fourth-order valence-corrected chi connectivity index (χ4v) is 2.78. The first-order valence-corrected chi connectivity index (χ1v) is 6.99. The number of halogens is 1. The smallest absolute Gasteiger partial charge is 0.345 e. The van der Waals surface area contributed by atoms with Gasteiger partial charge in [0.25, 0.3) is 0 Å². The predicted octanol–water partition coefficient (Wildman–Crippen LogP) is 1.80. The number of carbonyl (C=O) groups excluding carboxylic acids is 1. The number of methoxy groups -OCH3 is 1. The van der Waals surface area contributed by atoms with Crippen LogP contribution in [0.3, 0.4) is 0 Å². The number of rotatable bonds is 3. The average Bonchev–Trinajstić information content (AvgIpc) is 2.39. The van der Waals surface area contributed by atoms with Crippen LogP contribution in [0.1, 0.15) is 23.7 Å². The highest BCUT2D eigenvalue weighted by molar-refractivity contribution is 6.30. The first kappa shape index (κ1) is 15.9. The van der Waals surface area contributed by atoms with Crippen LogP contribution < -0.4 is 0 Å². The third-order valence-corrected chi connectivity index (χ3v) is 3.87. The molecule has 21 heavy (non-hydrogen) atoms. The molecule has 1 aliphatic heterocycles. The third-order valence-electron chi connectivity index (χ3n) is 3.48. The van der Waals surface area contributed by atoms with Crippen LogP contribution in [0.25, 0.3) is 0 Å². The molecule has 0 spiro atoms. The Morgan fingerprint density at radius 3 is 2.90 bits per heavy atom. The van der Waals surface area contributed by atoms with E-state index in [-0.39, 0.29) is 17.4 Å². The molecule has 0 bridgehead atoms. The van der Waals surface area contributed by atoms with Crippen LogP contribution in [-0.4, -0.2) is 41.2 Å². The summed E-state index contributed by atoms with van der Waals surface area (Å²) >= 11 is 6.04. The van der Waals surface area contributed by atoms with E-state index in [1.165, 1.54) is 7.11 Å². The van der Waals surface area contributed by atoms with Gasteiger partial charge in [-0.15, -0.1) is 0 Å². The van der Waals surface area contributed by atoms with Crippen molar-refractivity contribution in [2.45, 2.75) is 26.0 Å². The van der Waals surface area contributed by atoms with Gasteiger partial charge in [-0.05, 0) is 31.0 Å². The third kappa shape index (κ3) is 2.95. The second-order valence-electron chi connectivity index (χ2n) is 5.56. The van der Waals surface area contributed by atoms with Gasteiger partial charge in [0, 0.05) is 19.6 Å². The minimum absolute atomic E-state index is 0.103. The molecule has 1 aromatic heterocycles. The number of pyridine rings is 1. The van der Waals surface area contributed by atoms with E-state index in [4.69, 9.17) is 16.3 Å². The van der Waals surface area contributed by atoms with Crippen LogP contribution in [0.2, 0.25) is 5.15 Å². The second-order valence-corrected chi connectivity index (χ2v) is 5.92. The maximum absolute atomic E-state index is 12.1. The Labute approximate surface area is 129 Å². The van der Waals surface area contributed by atoms with E-state index in [2.05, 4.69) is 11.6 Å². The SMILES string of the molecule is C=C(C)CN1Cc2cc(C)c(Cl)nc2C(O)(C(=O)OC)C1. The molecule has 6 heteroatoms.